The molecule has 0 aliphatic carbocycles. The van der Waals surface area contributed by atoms with Crippen LogP contribution in [0.4, 0.5) is 0 Å². The van der Waals surface area contributed by atoms with Gasteiger partial charge in [0.1, 0.15) is 11.9 Å². The molecule has 0 aliphatic rings. The molecule has 1 rings (SSSR count). The molecule has 0 radical (unpaired) electrons. The molecule has 3 nitrogen and oxygen atoms in total. The van der Waals surface area contributed by atoms with Crippen LogP contribution in [0.2, 0.25) is 0 Å². The van der Waals surface area contributed by atoms with E-state index in [-0.39, 0.29) is 11.9 Å². The van der Waals surface area contributed by atoms with Crippen molar-refractivity contribution in [2.75, 3.05) is 0 Å². The van der Waals surface area contributed by atoms with Crippen LogP contribution in [-0.2, 0) is 4.84 Å². The molecule has 0 aromatic heterocycles. The third kappa shape index (κ3) is 1.77. The third-order valence-corrected chi connectivity index (χ3v) is 2.30. The molecule has 4 heteroatoms. The molecule has 0 saturated heterocycles. The zero-order valence-corrected chi connectivity index (χ0v) is 8.21. The fraction of sp³-hybridized carbons (Fsp3) is 0.250. The first-order valence-electron chi connectivity index (χ1n) is 3.49. The van der Waals surface area contributed by atoms with E-state index >= 15 is 0 Å². The van der Waals surface area contributed by atoms with Gasteiger partial charge in [0.05, 0.1) is 4.47 Å². The van der Waals surface area contributed by atoms with Gasteiger partial charge >= 0.3 is 0 Å². The van der Waals surface area contributed by atoms with E-state index in [1.165, 1.54) is 0 Å². The van der Waals surface area contributed by atoms with Crippen molar-refractivity contribution in [2.45, 2.75) is 13.0 Å². The van der Waals surface area contributed by atoms with Crippen molar-refractivity contribution >= 4 is 15.9 Å². The Morgan fingerprint density at radius 2 is 2.25 bits per heavy atom. The van der Waals surface area contributed by atoms with Gasteiger partial charge in [0, 0.05) is 5.56 Å². The van der Waals surface area contributed by atoms with Gasteiger partial charge in [-0.25, -0.2) is 5.90 Å². The lowest BCUT2D eigenvalue weighted by Crippen LogP contribution is -2.05. The number of halogens is 1. The summed E-state index contributed by atoms with van der Waals surface area (Å²) >= 11 is 3.20. The Morgan fingerprint density at radius 1 is 1.58 bits per heavy atom. The molecule has 66 valence electrons. The lowest BCUT2D eigenvalue weighted by molar-refractivity contribution is 0.0646. The van der Waals surface area contributed by atoms with Crippen LogP contribution in [0.25, 0.3) is 0 Å². The molecule has 1 unspecified atom stereocenters. The Bertz CT molecular complexity index is 278. The summed E-state index contributed by atoms with van der Waals surface area (Å²) in [7, 11) is 0. The van der Waals surface area contributed by atoms with Crippen LogP contribution in [0, 0.1) is 0 Å². The molecule has 12 heavy (non-hydrogen) atoms. The minimum Gasteiger partial charge on any atom is -0.506 e. The minimum atomic E-state index is -0.303. The number of rotatable bonds is 2. The highest BCUT2D eigenvalue weighted by Crippen LogP contribution is 2.32. The van der Waals surface area contributed by atoms with Gasteiger partial charge in [-0.3, -0.25) is 4.84 Å². The van der Waals surface area contributed by atoms with Crippen molar-refractivity contribution in [1.29, 1.82) is 0 Å². The van der Waals surface area contributed by atoms with Crippen LogP contribution in [0.15, 0.2) is 22.7 Å². The summed E-state index contributed by atoms with van der Waals surface area (Å²) in [5.41, 5.74) is 0.673. The standard InChI is InChI=1S/C8H10BrNO2/c1-5(12-10)6-3-2-4-7(9)8(6)11/h2-5,11H,10H2,1H3. The van der Waals surface area contributed by atoms with Gasteiger partial charge in [0.2, 0.25) is 0 Å². The Balaban J connectivity index is 3.07. The summed E-state index contributed by atoms with van der Waals surface area (Å²) in [6.07, 6.45) is -0.303. The molecule has 0 amide bonds. The highest BCUT2D eigenvalue weighted by atomic mass is 79.9. The average molecular weight is 232 g/mol. The van der Waals surface area contributed by atoms with Crippen LogP contribution in [0.5, 0.6) is 5.75 Å². The van der Waals surface area contributed by atoms with Gasteiger partial charge in [-0.2, -0.15) is 0 Å². The Morgan fingerprint density at radius 3 is 2.83 bits per heavy atom. The summed E-state index contributed by atoms with van der Waals surface area (Å²) in [6.45, 7) is 1.77. The maximum atomic E-state index is 9.52. The van der Waals surface area contributed by atoms with Crippen molar-refractivity contribution < 1.29 is 9.94 Å². The van der Waals surface area contributed by atoms with E-state index in [0.717, 1.165) is 0 Å². The lowest BCUT2D eigenvalue weighted by Gasteiger charge is -2.11. The van der Waals surface area contributed by atoms with Crippen LogP contribution in [-0.4, -0.2) is 5.11 Å². The highest BCUT2D eigenvalue weighted by molar-refractivity contribution is 9.10. The summed E-state index contributed by atoms with van der Waals surface area (Å²) in [5.74, 6) is 5.17. The lowest BCUT2D eigenvalue weighted by atomic mass is 10.1. The summed E-state index contributed by atoms with van der Waals surface area (Å²) < 4.78 is 0.643. The SMILES string of the molecule is CC(ON)c1cccc(Br)c1O. The molecular weight excluding hydrogens is 222 g/mol. The van der Waals surface area contributed by atoms with Gasteiger partial charge in [-0.15, -0.1) is 0 Å². The highest BCUT2D eigenvalue weighted by Gasteiger charge is 2.11. The number of nitrogens with two attached hydrogens (primary N) is 1. The van der Waals surface area contributed by atoms with Crippen molar-refractivity contribution in [1.82, 2.24) is 0 Å². The Labute approximate surface area is 79.2 Å². The predicted octanol–water partition coefficient (Wildman–Crippen LogP) is 2.11. The average Bonchev–Trinajstić information content (AvgIpc) is 2.08. The maximum absolute atomic E-state index is 9.52. The molecular formula is C8H10BrNO2. The van der Waals surface area contributed by atoms with E-state index < -0.39 is 0 Å². The maximum Gasteiger partial charge on any atom is 0.135 e. The van der Waals surface area contributed by atoms with E-state index in [4.69, 9.17) is 5.90 Å². The number of hydrogen-bond acceptors (Lipinski definition) is 3. The number of phenolic OH excluding ortho intramolecular Hbond substituents is 1. The number of benzene rings is 1. The van der Waals surface area contributed by atoms with E-state index in [9.17, 15) is 5.11 Å². The molecule has 1 aromatic rings. The van der Waals surface area contributed by atoms with Crippen LogP contribution < -0.4 is 5.90 Å². The zero-order valence-electron chi connectivity index (χ0n) is 6.62. The summed E-state index contributed by atoms with van der Waals surface area (Å²) in [6, 6.07) is 5.33. The van der Waals surface area contributed by atoms with Crippen molar-refractivity contribution in [2.24, 2.45) is 5.90 Å². The van der Waals surface area contributed by atoms with Crippen molar-refractivity contribution in [3.63, 3.8) is 0 Å². The molecule has 0 bridgehead atoms. The van der Waals surface area contributed by atoms with E-state index in [1.54, 1.807) is 19.1 Å². The van der Waals surface area contributed by atoms with Crippen LogP contribution >= 0.6 is 15.9 Å². The van der Waals surface area contributed by atoms with Gasteiger partial charge in [0.25, 0.3) is 0 Å². The number of aromatic hydroxyl groups is 1. The van der Waals surface area contributed by atoms with Gasteiger partial charge < -0.3 is 5.11 Å². The number of phenols is 1. The zero-order chi connectivity index (χ0) is 9.14. The topological polar surface area (TPSA) is 55.5 Å². The minimum absolute atomic E-state index is 0.176. The second-order valence-electron chi connectivity index (χ2n) is 2.46. The second-order valence-corrected chi connectivity index (χ2v) is 3.31. The quantitative estimate of drug-likeness (QED) is 0.767. The molecule has 0 saturated carbocycles. The molecule has 0 heterocycles. The molecule has 1 aromatic carbocycles. The molecule has 3 N–H and O–H groups in total. The number of para-hydroxylation sites is 1. The largest absolute Gasteiger partial charge is 0.506 e. The van der Waals surface area contributed by atoms with Gasteiger partial charge in [0.15, 0.2) is 0 Å². The molecule has 0 spiro atoms. The fourth-order valence-corrected chi connectivity index (χ4v) is 1.31. The third-order valence-electron chi connectivity index (χ3n) is 1.66. The number of hydrogen-bond donors (Lipinski definition) is 2. The van der Waals surface area contributed by atoms with Crippen LogP contribution in [0.3, 0.4) is 0 Å². The van der Waals surface area contributed by atoms with E-state index in [2.05, 4.69) is 20.8 Å². The van der Waals surface area contributed by atoms with Crippen molar-refractivity contribution in [3.8, 4) is 5.75 Å². The second kappa shape index (κ2) is 3.89. The fourth-order valence-electron chi connectivity index (χ4n) is 0.933. The first-order valence-corrected chi connectivity index (χ1v) is 4.29. The first-order chi connectivity index (χ1) is 5.66. The summed E-state index contributed by atoms with van der Waals surface area (Å²) in [4.78, 5) is 4.59. The normalized spacial score (nSPS) is 12.9. The monoisotopic (exact) mass is 231 g/mol. The summed E-state index contributed by atoms with van der Waals surface area (Å²) in [5, 5.41) is 9.52. The Hall–Kier alpha value is -0.580. The van der Waals surface area contributed by atoms with E-state index in [0.29, 0.717) is 10.0 Å². The Kier molecular flexibility index (Phi) is 3.08. The predicted molar refractivity (Wildman–Crippen MR) is 49.5 cm³/mol. The van der Waals surface area contributed by atoms with Crippen LogP contribution in [0.1, 0.15) is 18.6 Å². The smallest absolute Gasteiger partial charge is 0.135 e. The first kappa shape index (κ1) is 9.51. The molecule has 0 fully saturated rings. The van der Waals surface area contributed by atoms with Gasteiger partial charge in [-0.1, -0.05) is 12.1 Å². The molecule has 0 aliphatic heterocycles. The van der Waals surface area contributed by atoms with E-state index in [1.807, 2.05) is 6.07 Å². The van der Waals surface area contributed by atoms with Gasteiger partial charge in [-0.05, 0) is 28.9 Å². The molecule has 1 atom stereocenters. The van der Waals surface area contributed by atoms with Crippen molar-refractivity contribution in [3.05, 3.63) is 28.2 Å².